The van der Waals surface area contributed by atoms with Gasteiger partial charge < -0.3 is 9.15 Å². The van der Waals surface area contributed by atoms with Crippen molar-refractivity contribution < 1.29 is 13.9 Å². The zero-order valence-electron chi connectivity index (χ0n) is 11.8. The Balaban J connectivity index is 1.59. The second kappa shape index (κ2) is 7.34. The van der Waals surface area contributed by atoms with Crippen molar-refractivity contribution in [2.45, 2.75) is 6.61 Å². The van der Waals surface area contributed by atoms with Crippen LogP contribution in [-0.2, 0) is 16.1 Å². The first-order chi connectivity index (χ1) is 11.2. The second-order valence-electron chi connectivity index (χ2n) is 4.48. The summed E-state index contributed by atoms with van der Waals surface area (Å²) in [5.41, 5.74) is 1.75. The summed E-state index contributed by atoms with van der Waals surface area (Å²) in [7, 11) is 0. The van der Waals surface area contributed by atoms with Crippen LogP contribution in [0.4, 0.5) is 0 Å². The number of thiophene rings is 1. The maximum Gasteiger partial charge on any atom is 0.331 e. The van der Waals surface area contributed by atoms with Gasteiger partial charge in [0.05, 0.1) is 5.56 Å². The summed E-state index contributed by atoms with van der Waals surface area (Å²) in [6, 6.07) is 9.42. The van der Waals surface area contributed by atoms with Gasteiger partial charge in [0.15, 0.2) is 6.61 Å². The van der Waals surface area contributed by atoms with E-state index in [9.17, 15) is 4.79 Å². The van der Waals surface area contributed by atoms with Gasteiger partial charge in [0.1, 0.15) is 0 Å². The Labute approximate surface area is 144 Å². The summed E-state index contributed by atoms with van der Waals surface area (Å²) in [5, 5.41) is 11.7. The minimum absolute atomic E-state index is 0.0652. The van der Waals surface area contributed by atoms with Gasteiger partial charge in [-0.3, -0.25) is 0 Å². The van der Waals surface area contributed by atoms with E-state index in [2.05, 4.69) is 26.1 Å². The summed E-state index contributed by atoms with van der Waals surface area (Å²) in [6.07, 6.45) is 3.06. The molecule has 0 aliphatic rings. The molecule has 0 unspecified atom stereocenters. The first kappa shape index (κ1) is 15.6. The molecule has 0 bridgehead atoms. The highest BCUT2D eigenvalue weighted by atomic mass is 79.9. The Morgan fingerprint density at radius 2 is 2.17 bits per heavy atom. The van der Waals surface area contributed by atoms with Crippen molar-refractivity contribution in [3.63, 3.8) is 0 Å². The summed E-state index contributed by atoms with van der Waals surface area (Å²) in [6.45, 7) is -0.0652. The quantitative estimate of drug-likeness (QED) is 0.479. The van der Waals surface area contributed by atoms with E-state index in [1.807, 2.05) is 41.1 Å². The van der Waals surface area contributed by atoms with Gasteiger partial charge in [-0.1, -0.05) is 12.1 Å². The molecular formula is C16H11BrN2O3S. The fraction of sp³-hybridized carbons (Fsp3) is 0.0625. The molecule has 3 rings (SSSR count). The van der Waals surface area contributed by atoms with Crippen LogP contribution in [0.5, 0.6) is 0 Å². The maximum absolute atomic E-state index is 11.6. The number of rotatable bonds is 5. The van der Waals surface area contributed by atoms with Gasteiger partial charge in [0.2, 0.25) is 5.89 Å². The molecule has 1 aromatic carbocycles. The molecule has 3 aromatic rings. The lowest BCUT2D eigenvalue weighted by atomic mass is 10.2. The molecule has 7 heteroatoms. The Morgan fingerprint density at radius 3 is 2.96 bits per heavy atom. The Kier molecular flexibility index (Phi) is 4.99. The number of carbonyl (C=O) groups is 1. The lowest BCUT2D eigenvalue weighted by Crippen LogP contribution is -2.00. The minimum atomic E-state index is -0.461. The molecule has 23 heavy (non-hydrogen) atoms. The monoisotopic (exact) mass is 390 g/mol. The van der Waals surface area contributed by atoms with Gasteiger partial charge in [-0.25, -0.2) is 4.79 Å². The number of carbonyl (C=O) groups excluding carboxylic acids is 1. The molecule has 5 nitrogen and oxygen atoms in total. The number of nitrogens with zero attached hydrogens (tertiary/aromatic N) is 2. The SMILES string of the molecule is O=C(/C=C/c1ccsc1)OCc1nnc(-c2ccccc2Br)o1. The summed E-state index contributed by atoms with van der Waals surface area (Å²) < 4.78 is 11.4. The number of aromatic nitrogens is 2. The molecule has 0 spiro atoms. The van der Waals surface area contributed by atoms with Crippen molar-refractivity contribution in [2.24, 2.45) is 0 Å². The highest BCUT2D eigenvalue weighted by molar-refractivity contribution is 9.10. The molecule has 0 N–H and O–H groups in total. The number of esters is 1. The second-order valence-corrected chi connectivity index (χ2v) is 6.11. The van der Waals surface area contributed by atoms with Gasteiger partial charge in [-0.2, -0.15) is 11.3 Å². The van der Waals surface area contributed by atoms with Gasteiger partial charge in [-0.05, 0) is 56.5 Å². The third kappa shape index (κ3) is 4.14. The number of hydrogen-bond acceptors (Lipinski definition) is 6. The molecule has 0 aliphatic heterocycles. The molecule has 2 aromatic heterocycles. The lowest BCUT2D eigenvalue weighted by Gasteiger charge is -1.98. The first-order valence-corrected chi connectivity index (χ1v) is 8.40. The average molecular weight is 391 g/mol. The van der Waals surface area contributed by atoms with Crippen LogP contribution in [0.3, 0.4) is 0 Å². The van der Waals surface area contributed by atoms with E-state index in [0.29, 0.717) is 5.89 Å². The molecule has 2 heterocycles. The molecule has 0 radical (unpaired) electrons. The predicted molar refractivity (Wildman–Crippen MR) is 90.6 cm³/mol. The van der Waals surface area contributed by atoms with Crippen molar-refractivity contribution in [1.29, 1.82) is 0 Å². The molecule has 0 saturated heterocycles. The van der Waals surface area contributed by atoms with E-state index in [1.54, 1.807) is 17.4 Å². The van der Waals surface area contributed by atoms with Crippen LogP contribution in [0.2, 0.25) is 0 Å². The zero-order chi connectivity index (χ0) is 16.1. The largest absolute Gasteiger partial charge is 0.452 e. The highest BCUT2D eigenvalue weighted by Gasteiger charge is 2.12. The highest BCUT2D eigenvalue weighted by Crippen LogP contribution is 2.26. The molecule has 0 atom stereocenters. The van der Waals surface area contributed by atoms with E-state index in [0.717, 1.165) is 15.6 Å². The van der Waals surface area contributed by atoms with Gasteiger partial charge in [0, 0.05) is 10.5 Å². The van der Waals surface area contributed by atoms with Gasteiger partial charge in [-0.15, -0.1) is 10.2 Å². The molecule has 0 aliphatic carbocycles. The third-order valence-corrected chi connectivity index (χ3v) is 4.26. The Bertz CT molecular complexity index is 827. The van der Waals surface area contributed by atoms with Crippen molar-refractivity contribution in [3.05, 3.63) is 63.1 Å². The van der Waals surface area contributed by atoms with Crippen LogP contribution < -0.4 is 0 Å². The topological polar surface area (TPSA) is 65.2 Å². The molecular weight excluding hydrogens is 380 g/mol. The van der Waals surface area contributed by atoms with Crippen molar-refractivity contribution in [2.75, 3.05) is 0 Å². The van der Waals surface area contributed by atoms with Crippen LogP contribution in [0, 0.1) is 0 Å². The van der Waals surface area contributed by atoms with E-state index >= 15 is 0 Å². The van der Waals surface area contributed by atoms with Crippen molar-refractivity contribution in [1.82, 2.24) is 10.2 Å². The van der Waals surface area contributed by atoms with Gasteiger partial charge >= 0.3 is 5.97 Å². The fourth-order valence-corrected chi connectivity index (χ4v) is 2.85. The summed E-state index contributed by atoms with van der Waals surface area (Å²) in [4.78, 5) is 11.6. The lowest BCUT2D eigenvalue weighted by molar-refractivity contribution is -0.139. The van der Waals surface area contributed by atoms with Crippen LogP contribution in [0.25, 0.3) is 17.5 Å². The predicted octanol–water partition coefficient (Wildman–Crippen LogP) is 4.32. The maximum atomic E-state index is 11.6. The molecule has 116 valence electrons. The summed E-state index contributed by atoms with van der Waals surface area (Å²) in [5.74, 6) is 0.155. The standard InChI is InChI=1S/C16H11BrN2O3S/c17-13-4-2-1-3-12(13)16-19-18-14(22-16)9-21-15(20)6-5-11-7-8-23-10-11/h1-8,10H,9H2/b6-5+. The van der Waals surface area contributed by atoms with Crippen molar-refractivity contribution >= 4 is 39.3 Å². The van der Waals surface area contributed by atoms with Crippen molar-refractivity contribution in [3.8, 4) is 11.5 Å². The van der Waals surface area contributed by atoms with Gasteiger partial charge in [0.25, 0.3) is 5.89 Å². The Hall–Kier alpha value is -2.25. The molecule has 0 amide bonds. The van der Waals surface area contributed by atoms with Crippen LogP contribution >= 0.6 is 27.3 Å². The molecule has 0 saturated carbocycles. The number of halogens is 1. The molecule has 0 fully saturated rings. The van der Waals surface area contributed by atoms with Crippen LogP contribution in [0.1, 0.15) is 11.5 Å². The van der Waals surface area contributed by atoms with Crippen LogP contribution in [-0.4, -0.2) is 16.2 Å². The number of hydrogen-bond donors (Lipinski definition) is 0. The normalized spacial score (nSPS) is 11.0. The minimum Gasteiger partial charge on any atom is -0.452 e. The zero-order valence-corrected chi connectivity index (χ0v) is 14.2. The fourth-order valence-electron chi connectivity index (χ4n) is 1.77. The van der Waals surface area contributed by atoms with E-state index in [1.165, 1.54) is 6.08 Å². The summed E-state index contributed by atoms with van der Waals surface area (Å²) >= 11 is 4.99. The number of ether oxygens (including phenoxy) is 1. The van der Waals surface area contributed by atoms with E-state index in [-0.39, 0.29) is 12.5 Å². The van der Waals surface area contributed by atoms with Crippen LogP contribution in [0.15, 0.2) is 56.1 Å². The average Bonchev–Trinajstić information content (AvgIpc) is 3.23. The third-order valence-electron chi connectivity index (χ3n) is 2.86. The first-order valence-electron chi connectivity index (χ1n) is 6.67. The van der Waals surface area contributed by atoms with E-state index < -0.39 is 5.97 Å². The smallest absolute Gasteiger partial charge is 0.331 e. The Morgan fingerprint density at radius 1 is 1.30 bits per heavy atom. The van der Waals surface area contributed by atoms with E-state index in [4.69, 9.17) is 9.15 Å². The number of benzene rings is 1.